The molecule has 0 unspecified atom stereocenters. The van der Waals surface area contributed by atoms with E-state index < -0.39 is 0 Å². The van der Waals surface area contributed by atoms with Gasteiger partial charge in [-0.1, -0.05) is 29.3 Å². The Balaban J connectivity index is 1.88. The van der Waals surface area contributed by atoms with E-state index in [0.717, 1.165) is 11.1 Å². The lowest BCUT2D eigenvalue weighted by molar-refractivity contribution is -0.118. The highest BCUT2D eigenvalue weighted by Gasteiger charge is 2.13. The number of halogens is 2. The Morgan fingerprint density at radius 3 is 2.26 bits per heavy atom. The molecule has 1 N–H and O–H groups in total. The van der Waals surface area contributed by atoms with Crippen LogP contribution in [0.4, 0.5) is 0 Å². The predicted molar refractivity (Wildman–Crippen MR) is 111 cm³/mol. The first-order valence-electron chi connectivity index (χ1n) is 8.05. The number of rotatable bonds is 9. The Hall–Kier alpha value is -1.76. The molecule has 0 aliphatic heterocycles. The van der Waals surface area contributed by atoms with E-state index >= 15 is 0 Å². The summed E-state index contributed by atoms with van der Waals surface area (Å²) in [6, 6.07) is 8.97. The van der Waals surface area contributed by atoms with Crippen LogP contribution in [-0.2, 0) is 17.1 Å². The Morgan fingerprint density at radius 2 is 1.70 bits per heavy atom. The van der Waals surface area contributed by atoms with Crippen LogP contribution < -0.4 is 19.5 Å². The molecule has 0 spiro atoms. The molecule has 146 valence electrons. The highest BCUT2D eigenvalue weighted by molar-refractivity contribution is 7.99. The van der Waals surface area contributed by atoms with E-state index in [9.17, 15) is 4.79 Å². The quantitative estimate of drug-likeness (QED) is 0.632. The third kappa shape index (κ3) is 6.13. The molecule has 0 aliphatic rings. The molecule has 2 rings (SSSR count). The standard InChI is InChI=1S/C19H21Cl2NO4S/c1-24-16-6-12(7-17(25-2)19(16)26-3)9-22-18(23)11-27-10-13-4-5-14(20)8-15(13)21/h4-8H,9-11H2,1-3H3,(H,22,23). The molecule has 8 heteroatoms. The topological polar surface area (TPSA) is 56.8 Å². The number of ether oxygens (including phenoxy) is 3. The summed E-state index contributed by atoms with van der Waals surface area (Å²) in [6.07, 6.45) is 0. The van der Waals surface area contributed by atoms with Crippen molar-refractivity contribution in [1.29, 1.82) is 0 Å². The van der Waals surface area contributed by atoms with Gasteiger partial charge in [0.2, 0.25) is 11.7 Å². The number of amides is 1. The fourth-order valence-corrected chi connectivity index (χ4v) is 3.80. The predicted octanol–water partition coefficient (Wildman–Crippen LogP) is 4.57. The Bertz CT molecular complexity index is 776. The minimum Gasteiger partial charge on any atom is -0.493 e. The SMILES string of the molecule is COc1cc(CNC(=O)CSCc2ccc(Cl)cc2Cl)cc(OC)c1OC. The second-order valence-corrected chi connectivity index (χ2v) is 7.37. The third-order valence-corrected chi connectivity index (χ3v) is 5.29. The van der Waals surface area contributed by atoms with Crippen molar-refractivity contribution in [2.75, 3.05) is 27.1 Å². The van der Waals surface area contributed by atoms with E-state index in [1.54, 1.807) is 33.5 Å². The summed E-state index contributed by atoms with van der Waals surface area (Å²) < 4.78 is 15.9. The fourth-order valence-electron chi connectivity index (χ4n) is 2.38. The average Bonchev–Trinajstić information content (AvgIpc) is 2.67. The molecule has 0 radical (unpaired) electrons. The van der Waals surface area contributed by atoms with Gasteiger partial charge in [0.05, 0.1) is 27.1 Å². The fraction of sp³-hybridized carbons (Fsp3) is 0.316. The molecule has 0 saturated heterocycles. The van der Waals surface area contributed by atoms with E-state index in [4.69, 9.17) is 37.4 Å². The first-order valence-corrected chi connectivity index (χ1v) is 9.96. The van der Waals surface area contributed by atoms with Crippen molar-refractivity contribution in [1.82, 2.24) is 5.32 Å². The zero-order valence-corrected chi connectivity index (χ0v) is 17.6. The molecule has 0 aliphatic carbocycles. The lowest BCUT2D eigenvalue weighted by Crippen LogP contribution is -2.24. The molecule has 0 heterocycles. The molecular weight excluding hydrogens is 409 g/mol. The Kier molecular flexibility index (Phi) is 8.41. The zero-order chi connectivity index (χ0) is 19.8. The van der Waals surface area contributed by atoms with Crippen LogP contribution in [0, 0.1) is 0 Å². The molecular formula is C19H21Cl2NO4S. The van der Waals surface area contributed by atoms with E-state index in [0.29, 0.717) is 45.3 Å². The van der Waals surface area contributed by atoms with Gasteiger partial charge < -0.3 is 19.5 Å². The van der Waals surface area contributed by atoms with Gasteiger partial charge in [0.25, 0.3) is 0 Å². The maximum Gasteiger partial charge on any atom is 0.230 e. The number of nitrogens with one attached hydrogen (secondary N) is 1. The third-order valence-electron chi connectivity index (χ3n) is 3.72. The van der Waals surface area contributed by atoms with Crippen molar-refractivity contribution in [2.24, 2.45) is 0 Å². The molecule has 1 amide bonds. The monoisotopic (exact) mass is 429 g/mol. The van der Waals surface area contributed by atoms with Crippen LogP contribution in [0.1, 0.15) is 11.1 Å². The summed E-state index contributed by atoms with van der Waals surface area (Å²) in [6.45, 7) is 0.359. The number of carbonyl (C=O) groups is 1. The van der Waals surface area contributed by atoms with E-state index in [1.807, 2.05) is 18.2 Å². The molecule has 5 nitrogen and oxygen atoms in total. The second-order valence-electron chi connectivity index (χ2n) is 5.54. The number of benzene rings is 2. The zero-order valence-electron chi connectivity index (χ0n) is 15.3. The molecule has 0 fully saturated rings. The smallest absolute Gasteiger partial charge is 0.230 e. The summed E-state index contributed by atoms with van der Waals surface area (Å²) in [7, 11) is 4.66. The minimum atomic E-state index is -0.0705. The van der Waals surface area contributed by atoms with Gasteiger partial charge in [-0.2, -0.15) is 0 Å². The maximum atomic E-state index is 12.1. The maximum absolute atomic E-state index is 12.1. The van der Waals surface area contributed by atoms with Crippen LogP contribution in [0.2, 0.25) is 10.0 Å². The summed E-state index contributed by atoms with van der Waals surface area (Å²) in [5.74, 6) is 2.50. The Morgan fingerprint density at radius 1 is 1.04 bits per heavy atom. The molecule has 0 saturated carbocycles. The molecule has 0 aromatic heterocycles. The number of methoxy groups -OCH3 is 3. The summed E-state index contributed by atoms with van der Waals surface area (Å²) >= 11 is 13.5. The minimum absolute atomic E-state index is 0.0705. The van der Waals surface area contributed by atoms with Gasteiger partial charge in [0, 0.05) is 22.3 Å². The first-order chi connectivity index (χ1) is 13.0. The summed E-state index contributed by atoms with van der Waals surface area (Å²) in [5.41, 5.74) is 1.80. The van der Waals surface area contributed by atoms with Gasteiger partial charge in [-0.3, -0.25) is 4.79 Å². The van der Waals surface area contributed by atoms with Crippen molar-refractivity contribution in [2.45, 2.75) is 12.3 Å². The van der Waals surface area contributed by atoms with Crippen molar-refractivity contribution in [3.8, 4) is 17.2 Å². The highest BCUT2D eigenvalue weighted by Crippen LogP contribution is 2.38. The Labute approximate surface area is 173 Å². The van der Waals surface area contributed by atoms with Gasteiger partial charge in [-0.15, -0.1) is 11.8 Å². The van der Waals surface area contributed by atoms with Crippen LogP contribution in [-0.4, -0.2) is 33.0 Å². The van der Waals surface area contributed by atoms with Gasteiger partial charge in [-0.25, -0.2) is 0 Å². The lowest BCUT2D eigenvalue weighted by Gasteiger charge is -2.14. The van der Waals surface area contributed by atoms with Crippen molar-refractivity contribution in [3.63, 3.8) is 0 Å². The average molecular weight is 430 g/mol. The first kappa shape index (κ1) is 21.5. The largest absolute Gasteiger partial charge is 0.493 e. The van der Waals surface area contributed by atoms with Crippen molar-refractivity contribution in [3.05, 3.63) is 51.5 Å². The van der Waals surface area contributed by atoms with Gasteiger partial charge in [0.15, 0.2) is 11.5 Å². The molecule has 0 atom stereocenters. The number of carbonyl (C=O) groups excluding carboxylic acids is 1. The normalized spacial score (nSPS) is 10.4. The van der Waals surface area contributed by atoms with E-state index in [1.165, 1.54) is 11.8 Å². The second kappa shape index (κ2) is 10.5. The van der Waals surface area contributed by atoms with Crippen LogP contribution >= 0.6 is 35.0 Å². The van der Waals surface area contributed by atoms with Crippen molar-refractivity contribution >= 4 is 40.9 Å². The van der Waals surface area contributed by atoms with Crippen LogP contribution in [0.15, 0.2) is 30.3 Å². The van der Waals surface area contributed by atoms with Crippen molar-refractivity contribution < 1.29 is 19.0 Å². The number of thioether (sulfide) groups is 1. The van der Waals surface area contributed by atoms with Crippen LogP contribution in [0.3, 0.4) is 0 Å². The van der Waals surface area contributed by atoms with Gasteiger partial charge in [0.1, 0.15) is 0 Å². The van der Waals surface area contributed by atoms with E-state index in [2.05, 4.69) is 5.32 Å². The number of hydrogen-bond acceptors (Lipinski definition) is 5. The molecule has 2 aromatic rings. The summed E-state index contributed by atoms with van der Waals surface area (Å²) in [5, 5.41) is 4.08. The summed E-state index contributed by atoms with van der Waals surface area (Å²) in [4.78, 5) is 12.1. The number of hydrogen-bond donors (Lipinski definition) is 1. The lowest BCUT2D eigenvalue weighted by atomic mass is 10.2. The molecule has 27 heavy (non-hydrogen) atoms. The van der Waals surface area contributed by atoms with E-state index in [-0.39, 0.29) is 5.91 Å². The van der Waals surface area contributed by atoms with Crippen LogP contribution in [0.5, 0.6) is 17.2 Å². The highest BCUT2D eigenvalue weighted by atomic mass is 35.5. The van der Waals surface area contributed by atoms with Gasteiger partial charge in [-0.05, 0) is 35.4 Å². The van der Waals surface area contributed by atoms with Crippen LogP contribution in [0.25, 0.3) is 0 Å². The molecule has 0 bridgehead atoms. The molecule has 2 aromatic carbocycles. The van der Waals surface area contributed by atoms with Gasteiger partial charge >= 0.3 is 0 Å².